The summed E-state index contributed by atoms with van der Waals surface area (Å²) in [7, 11) is -3.87. The zero-order chi connectivity index (χ0) is 28.9. The summed E-state index contributed by atoms with van der Waals surface area (Å²) in [6, 6.07) is 9.48. The first kappa shape index (κ1) is 28.4. The Kier molecular flexibility index (Phi) is 7.35. The van der Waals surface area contributed by atoms with Crippen LogP contribution in [0.3, 0.4) is 0 Å². The van der Waals surface area contributed by atoms with Crippen molar-refractivity contribution in [3.63, 3.8) is 0 Å². The normalized spacial score (nSPS) is 29.1. The summed E-state index contributed by atoms with van der Waals surface area (Å²) in [5.74, 6) is -2.82. The van der Waals surface area contributed by atoms with Crippen molar-refractivity contribution in [2.75, 3.05) is 10.0 Å². The molecule has 1 aromatic heterocycles. The molecule has 3 aliphatic rings. The lowest BCUT2D eigenvalue weighted by atomic mass is 9.98. The molecule has 1 aromatic carbocycles. The molecule has 3 N–H and O–H groups in total. The lowest BCUT2D eigenvalue weighted by Gasteiger charge is -2.36. The molecule has 0 spiro atoms. The topological polar surface area (TPSA) is 163 Å². The summed E-state index contributed by atoms with van der Waals surface area (Å²) >= 11 is 0. The number of carbonyl (C=O) groups is 2. The van der Waals surface area contributed by atoms with Crippen molar-refractivity contribution in [1.29, 1.82) is 0 Å². The van der Waals surface area contributed by atoms with Gasteiger partial charge in [0.05, 0.1) is 4.90 Å². The van der Waals surface area contributed by atoms with Gasteiger partial charge in [0.15, 0.2) is 24.0 Å². The van der Waals surface area contributed by atoms with Crippen molar-refractivity contribution < 1.29 is 41.7 Å². The van der Waals surface area contributed by atoms with E-state index < -0.39 is 70.2 Å². The molecule has 0 aliphatic carbocycles. The van der Waals surface area contributed by atoms with Gasteiger partial charge in [-0.3, -0.25) is 14.3 Å². The SMILES string of the molecule is C[C@H](NC(=O)[C@@H]1O[C@@H]2OC(C)(C)O[C@@H]2[C@H]2OC(C)(C)O[C@@H]21)C(=O)Nc1ccc(S(=O)(=O)Nc2ccccn2)cc1. The Morgan fingerprint density at radius 2 is 1.55 bits per heavy atom. The van der Waals surface area contributed by atoms with Crippen LogP contribution in [0.15, 0.2) is 53.6 Å². The molecule has 14 heteroatoms. The van der Waals surface area contributed by atoms with Crippen LogP contribution in [0.25, 0.3) is 0 Å². The molecule has 5 rings (SSSR count). The number of ether oxygens (including phenoxy) is 5. The first-order valence-electron chi connectivity index (χ1n) is 12.7. The monoisotopic (exact) mass is 576 g/mol. The van der Waals surface area contributed by atoms with Crippen molar-refractivity contribution in [2.24, 2.45) is 0 Å². The highest BCUT2D eigenvalue weighted by molar-refractivity contribution is 7.92. The summed E-state index contributed by atoms with van der Waals surface area (Å²) < 4.78 is 57.3. The summed E-state index contributed by atoms with van der Waals surface area (Å²) in [4.78, 5) is 30.0. The number of amides is 2. The molecule has 0 unspecified atom stereocenters. The third-order valence-electron chi connectivity index (χ3n) is 6.50. The zero-order valence-electron chi connectivity index (χ0n) is 22.6. The second kappa shape index (κ2) is 10.4. The number of sulfonamides is 1. The molecule has 3 saturated heterocycles. The molecule has 216 valence electrons. The predicted octanol–water partition coefficient (Wildman–Crippen LogP) is 1.72. The molecule has 0 radical (unpaired) electrons. The van der Waals surface area contributed by atoms with Gasteiger partial charge in [-0.15, -0.1) is 0 Å². The van der Waals surface area contributed by atoms with Crippen LogP contribution in [0, 0.1) is 0 Å². The van der Waals surface area contributed by atoms with Crippen LogP contribution in [0.5, 0.6) is 0 Å². The zero-order valence-corrected chi connectivity index (χ0v) is 23.4. The van der Waals surface area contributed by atoms with Gasteiger partial charge in [0.2, 0.25) is 5.91 Å². The quantitative estimate of drug-likeness (QED) is 0.442. The van der Waals surface area contributed by atoms with E-state index in [4.69, 9.17) is 23.7 Å². The van der Waals surface area contributed by atoms with Crippen molar-refractivity contribution in [3.05, 3.63) is 48.7 Å². The number of rotatable bonds is 7. The Balaban J connectivity index is 1.21. The van der Waals surface area contributed by atoms with Gasteiger partial charge >= 0.3 is 0 Å². The average Bonchev–Trinajstić information content (AvgIpc) is 3.37. The van der Waals surface area contributed by atoms with Crippen LogP contribution >= 0.6 is 0 Å². The van der Waals surface area contributed by atoms with Gasteiger partial charge in [-0.05, 0) is 71.0 Å². The smallest absolute Gasteiger partial charge is 0.263 e. The van der Waals surface area contributed by atoms with Crippen molar-refractivity contribution >= 4 is 33.3 Å². The Morgan fingerprint density at radius 3 is 2.23 bits per heavy atom. The third-order valence-corrected chi connectivity index (χ3v) is 7.87. The fourth-order valence-electron chi connectivity index (χ4n) is 4.77. The second-order valence-electron chi connectivity index (χ2n) is 10.7. The minimum atomic E-state index is -3.87. The molecular formula is C26H32N4O9S. The first-order chi connectivity index (χ1) is 18.7. The van der Waals surface area contributed by atoms with Gasteiger partial charge in [0.25, 0.3) is 15.9 Å². The summed E-state index contributed by atoms with van der Waals surface area (Å²) in [5, 5.41) is 5.32. The molecule has 13 nitrogen and oxygen atoms in total. The van der Waals surface area contributed by atoms with Crippen molar-refractivity contribution in [2.45, 2.75) is 87.8 Å². The van der Waals surface area contributed by atoms with E-state index in [0.29, 0.717) is 5.69 Å². The highest BCUT2D eigenvalue weighted by Crippen LogP contribution is 2.44. The molecule has 3 aliphatic heterocycles. The minimum absolute atomic E-state index is 0.0113. The largest absolute Gasteiger partial charge is 0.342 e. The third kappa shape index (κ3) is 5.96. The number of aromatic nitrogens is 1. The average molecular weight is 577 g/mol. The number of pyridine rings is 1. The van der Waals surface area contributed by atoms with Crippen LogP contribution in [0.1, 0.15) is 34.6 Å². The number of nitrogens with zero attached hydrogens (tertiary/aromatic N) is 1. The van der Waals surface area contributed by atoms with Crippen LogP contribution in [-0.2, 0) is 43.3 Å². The number of anilines is 2. The van der Waals surface area contributed by atoms with Crippen LogP contribution in [0.2, 0.25) is 0 Å². The summed E-state index contributed by atoms with van der Waals surface area (Å²) in [6.45, 7) is 8.46. The Hall–Kier alpha value is -3.14. The van der Waals surface area contributed by atoms with Gasteiger partial charge in [0.1, 0.15) is 30.2 Å². The van der Waals surface area contributed by atoms with Crippen LogP contribution in [0.4, 0.5) is 11.5 Å². The molecule has 0 saturated carbocycles. The maximum atomic E-state index is 13.2. The van der Waals surface area contributed by atoms with E-state index in [1.807, 2.05) is 0 Å². The molecule has 2 aromatic rings. The number of hydrogen-bond donors (Lipinski definition) is 3. The Morgan fingerprint density at radius 1 is 0.900 bits per heavy atom. The van der Waals surface area contributed by atoms with E-state index in [-0.39, 0.29) is 10.7 Å². The summed E-state index contributed by atoms with van der Waals surface area (Å²) in [5.41, 5.74) is 0.340. The molecule has 40 heavy (non-hydrogen) atoms. The van der Waals surface area contributed by atoms with Gasteiger partial charge in [0, 0.05) is 11.9 Å². The highest BCUT2D eigenvalue weighted by Gasteiger charge is 2.62. The van der Waals surface area contributed by atoms with Crippen LogP contribution in [-0.4, -0.2) is 73.5 Å². The molecular weight excluding hydrogens is 544 g/mol. The fraction of sp³-hybridized carbons (Fsp3) is 0.500. The summed E-state index contributed by atoms with van der Waals surface area (Å²) in [6.07, 6.45) is -2.47. The Bertz CT molecular complexity index is 1370. The number of fused-ring (bicyclic) bond motifs is 3. The fourth-order valence-corrected chi connectivity index (χ4v) is 5.78. The molecule has 2 amide bonds. The maximum absolute atomic E-state index is 13.2. The first-order valence-corrected chi connectivity index (χ1v) is 14.2. The van der Waals surface area contributed by atoms with Gasteiger partial charge in [-0.25, -0.2) is 13.4 Å². The highest BCUT2D eigenvalue weighted by atomic mass is 32.2. The molecule has 3 fully saturated rings. The van der Waals surface area contributed by atoms with E-state index in [1.165, 1.54) is 43.5 Å². The van der Waals surface area contributed by atoms with Gasteiger partial charge in [-0.2, -0.15) is 0 Å². The number of nitrogens with one attached hydrogen (secondary N) is 3. The molecule has 0 bridgehead atoms. The van der Waals surface area contributed by atoms with Crippen molar-refractivity contribution in [1.82, 2.24) is 10.3 Å². The molecule has 6 atom stereocenters. The lowest BCUT2D eigenvalue weighted by molar-refractivity contribution is -0.231. The van der Waals surface area contributed by atoms with E-state index >= 15 is 0 Å². The standard InChI is InChI=1S/C26H32N4O9S/c1-14(22(31)29-15-9-11-16(12-10-15)40(33,34)30-17-8-6-7-13-27-17)28-23(32)20-18-19(37-25(2,3)36-18)21-24(35-20)39-26(4,5)38-21/h6-14,18-21,24H,1-5H3,(H,27,30)(H,28,32)(H,29,31)/t14-,18-,19-,20+,21+,24+/m0/s1. The van der Waals surface area contributed by atoms with E-state index in [2.05, 4.69) is 20.3 Å². The van der Waals surface area contributed by atoms with E-state index in [0.717, 1.165) is 0 Å². The van der Waals surface area contributed by atoms with E-state index in [9.17, 15) is 18.0 Å². The molecule has 4 heterocycles. The Labute approximate surface area is 231 Å². The van der Waals surface area contributed by atoms with Crippen LogP contribution < -0.4 is 15.4 Å². The van der Waals surface area contributed by atoms with Crippen molar-refractivity contribution in [3.8, 4) is 0 Å². The van der Waals surface area contributed by atoms with Gasteiger partial charge in [-0.1, -0.05) is 6.07 Å². The lowest BCUT2D eigenvalue weighted by Crippen LogP contribution is -2.60. The number of benzene rings is 1. The second-order valence-corrected chi connectivity index (χ2v) is 12.3. The van der Waals surface area contributed by atoms with E-state index in [1.54, 1.807) is 39.8 Å². The predicted molar refractivity (Wildman–Crippen MR) is 140 cm³/mol. The number of carbonyl (C=O) groups excluding carboxylic acids is 2. The maximum Gasteiger partial charge on any atom is 0.263 e. The minimum Gasteiger partial charge on any atom is -0.342 e. The number of hydrogen-bond acceptors (Lipinski definition) is 10. The van der Waals surface area contributed by atoms with Gasteiger partial charge < -0.3 is 34.3 Å².